The maximum atomic E-state index is 11.7. The van der Waals surface area contributed by atoms with Gasteiger partial charge in [0.25, 0.3) is 0 Å². The van der Waals surface area contributed by atoms with Gasteiger partial charge in [-0.3, -0.25) is 4.79 Å². The van der Waals surface area contributed by atoms with Gasteiger partial charge in [0.1, 0.15) is 0 Å². The van der Waals surface area contributed by atoms with Crippen LogP contribution in [-0.4, -0.2) is 16.8 Å². The van der Waals surface area contributed by atoms with Gasteiger partial charge in [-0.1, -0.05) is 6.58 Å². The number of carbonyl (C=O) groups is 1. The Hall–Kier alpha value is -1.09. The minimum Gasteiger partial charge on any atom is -0.332 e. The molecule has 2 nitrogen and oxygen atoms in total. The predicted octanol–water partition coefficient (Wildman–Crippen LogP) is 3.16. The average Bonchev–Trinajstić information content (AvgIpc) is 2.84. The number of thiophene rings is 1. The fourth-order valence-corrected chi connectivity index (χ4v) is 3.53. The van der Waals surface area contributed by atoms with E-state index in [4.69, 9.17) is 0 Å². The summed E-state index contributed by atoms with van der Waals surface area (Å²) in [7, 11) is 0. The Kier molecular flexibility index (Phi) is 3.67. The largest absolute Gasteiger partial charge is 0.332 e. The summed E-state index contributed by atoms with van der Waals surface area (Å²) in [5.74, 6) is 0.0218. The van der Waals surface area contributed by atoms with Crippen molar-refractivity contribution in [2.75, 3.05) is 0 Å². The first-order chi connectivity index (χ1) is 8.11. The summed E-state index contributed by atoms with van der Waals surface area (Å²) in [4.78, 5) is 16.4. The molecule has 0 saturated carbocycles. The maximum Gasteiger partial charge on any atom is 0.246 e. The summed E-state index contributed by atoms with van der Waals surface area (Å²) >= 11 is 1.87. The fraction of sp³-hybridized carbons (Fsp3) is 0.500. The van der Waals surface area contributed by atoms with Crippen LogP contribution in [0.1, 0.15) is 35.6 Å². The molecular formula is C14H19NOS. The second kappa shape index (κ2) is 5.05. The highest BCUT2D eigenvalue weighted by Gasteiger charge is 2.19. The van der Waals surface area contributed by atoms with E-state index >= 15 is 0 Å². The van der Waals surface area contributed by atoms with Gasteiger partial charge >= 0.3 is 0 Å². The molecule has 17 heavy (non-hydrogen) atoms. The summed E-state index contributed by atoms with van der Waals surface area (Å²) < 4.78 is 0. The molecule has 1 amide bonds. The van der Waals surface area contributed by atoms with E-state index in [1.807, 2.05) is 30.1 Å². The van der Waals surface area contributed by atoms with Crippen LogP contribution in [0.4, 0.5) is 0 Å². The van der Waals surface area contributed by atoms with E-state index in [9.17, 15) is 4.79 Å². The molecule has 0 N–H and O–H groups in total. The average molecular weight is 249 g/mol. The van der Waals surface area contributed by atoms with Crippen molar-refractivity contribution in [2.45, 2.75) is 45.7 Å². The van der Waals surface area contributed by atoms with Gasteiger partial charge in [-0.2, -0.15) is 0 Å². The fourth-order valence-electron chi connectivity index (χ4n) is 2.27. The molecule has 92 valence electrons. The van der Waals surface area contributed by atoms with Crippen LogP contribution in [0.25, 0.3) is 0 Å². The molecule has 0 aliphatic heterocycles. The lowest BCUT2D eigenvalue weighted by atomic mass is 10.2. The molecule has 0 atom stereocenters. The molecule has 0 saturated heterocycles. The summed E-state index contributed by atoms with van der Waals surface area (Å²) in [5.41, 5.74) is 1.50. The highest BCUT2D eigenvalue weighted by Crippen LogP contribution is 2.31. The number of carbonyl (C=O) groups excluding carboxylic acids is 1. The van der Waals surface area contributed by atoms with E-state index < -0.39 is 0 Å². The van der Waals surface area contributed by atoms with Gasteiger partial charge in [0.15, 0.2) is 0 Å². The Morgan fingerprint density at radius 2 is 2.35 bits per heavy atom. The van der Waals surface area contributed by atoms with Gasteiger partial charge in [-0.25, -0.2) is 0 Å². The van der Waals surface area contributed by atoms with Crippen LogP contribution >= 0.6 is 11.3 Å². The molecule has 3 heteroatoms. The maximum absolute atomic E-state index is 11.7. The van der Waals surface area contributed by atoms with E-state index in [0.29, 0.717) is 0 Å². The van der Waals surface area contributed by atoms with Crippen molar-refractivity contribution in [3.8, 4) is 0 Å². The topological polar surface area (TPSA) is 20.3 Å². The Balaban J connectivity index is 2.11. The summed E-state index contributed by atoms with van der Waals surface area (Å²) in [6, 6.07) is 2.50. The Labute approximate surface area is 107 Å². The zero-order valence-corrected chi connectivity index (χ0v) is 11.3. The van der Waals surface area contributed by atoms with Gasteiger partial charge in [-0.15, -0.1) is 11.3 Å². The second-order valence-corrected chi connectivity index (χ2v) is 6.00. The normalized spacial score (nSPS) is 13.8. The summed E-state index contributed by atoms with van der Waals surface area (Å²) in [5, 5.41) is 0. The zero-order chi connectivity index (χ0) is 12.4. The Morgan fingerprint density at radius 1 is 1.59 bits per heavy atom. The molecule has 1 heterocycles. The van der Waals surface area contributed by atoms with Crippen LogP contribution in [0.5, 0.6) is 0 Å². The molecule has 1 aromatic rings. The molecule has 2 rings (SSSR count). The van der Waals surface area contributed by atoms with E-state index in [1.54, 1.807) is 0 Å². The highest BCUT2D eigenvalue weighted by atomic mass is 32.1. The lowest BCUT2D eigenvalue weighted by molar-refractivity contribution is -0.128. The van der Waals surface area contributed by atoms with Gasteiger partial charge in [-0.05, 0) is 50.8 Å². The first-order valence-electron chi connectivity index (χ1n) is 6.15. The minimum absolute atomic E-state index is 0.0218. The predicted molar refractivity (Wildman–Crippen MR) is 72.2 cm³/mol. The third-order valence-corrected chi connectivity index (χ3v) is 4.43. The quantitative estimate of drug-likeness (QED) is 0.751. The first-order valence-corrected chi connectivity index (χ1v) is 6.97. The van der Waals surface area contributed by atoms with Crippen LogP contribution in [0.2, 0.25) is 0 Å². The molecule has 1 aliphatic rings. The first kappa shape index (κ1) is 12.4. The van der Waals surface area contributed by atoms with Crippen LogP contribution in [0.15, 0.2) is 18.7 Å². The van der Waals surface area contributed by atoms with Crippen LogP contribution in [-0.2, 0) is 24.2 Å². The zero-order valence-electron chi connectivity index (χ0n) is 10.5. The van der Waals surface area contributed by atoms with Crippen LogP contribution in [0.3, 0.4) is 0 Å². The minimum atomic E-state index is 0.0218. The number of hydrogen-bond donors (Lipinski definition) is 0. The Bertz CT molecular complexity index is 412. The number of nitrogens with zero attached hydrogens (tertiary/aromatic N) is 1. The van der Waals surface area contributed by atoms with Crippen molar-refractivity contribution in [1.82, 2.24) is 4.90 Å². The smallest absolute Gasteiger partial charge is 0.246 e. The highest BCUT2D eigenvalue weighted by molar-refractivity contribution is 7.12. The van der Waals surface area contributed by atoms with Crippen LogP contribution < -0.4 is 0 Å². The number of rotatable bonds is 4. The van der Waals surface area contributed by atoms with Crippen molar-refractivity contribution in [2.24, 2.45) is 0 Å². The number of aryl methyl sites for hydroxylation is 2. The van der Waals surface area contributed by atoms with Gasteiger partial charge < -0.3 is 4.90 Å². The van der Waals surface area contributed by atoms with Gasteiger partial charge in [0, 0.05) is 15.8 Å². The number of amides is 1. The monoisotopic (exact) mass is 249 g/mol. The SMILES string of the molecule is C=CC(=O)N(Cc1cc2c(s1)CCC2)C(C)C. The molecule has 0 aromatic carbocycles. The van der Waals surface area contributed by atoms with Crippen molar-refractivity contribution >= 4 is 17.2 Å². The molecule has 0 bridgehead atoms. The molecular weight excluding hydrogens is 230 g/mol. The van der Waals surface area contributed by atoms with Gasteiger partial charge in [0.2, 0.25) is 5.91 Å². The molecule has 0 spiro atoms. The van der Waals surface area contributed by atoms with E-state index in [-0.39, 0.29) is 11.9 Å². The molecule has 1 aliphatic carbocycles. The summed E-state index contributed by atoms with van der Waals surface area (Å²) in [6.07, 6.45) is 5.13. The van der Waals surface area contributed by atoms with Crippen molar-refractivity contribution in [3.63, 3.8) is 0 Å². The molecule has 0 radical (unpaired) electrons. The lowest BCUT2D eigenvalue weighted by Gasteiger charge is -2.24. The number of hydrogen-bond acceptors (Lipinski definition) is 2. The van der Waals surface area contributed by atoms with E-state index in [0.717, 1.165) is 6.54 Å². The standard InChI is InChI=1S/C14H19NOS/c1-4-14(16)15(10(2)3)9-12-8-11-6-5-7-13(11)17-12/h4,8,10H,1,5-7,9H2,2-3H3. The van der Waals surface area contributed by atoms with Gasteiger partial charge in [0.05, 0.1) is 6.54 Å². The lowest BCUT2D eigenvalue weighted by Crippen LogP contribution is -2.34. The molecule has 1 aromatic heterocycles. The van der Waals surface area contributed by atoms with E-state index in [1.165, 1.54) is 40.7 Å². The van der Waals surface area contributed by atoms with Crippen LogP contribution in [0, 0.1) is 0 Å². The summed E-state index contributed by atoms with van der Waals surface area (Å²) in [6.45, 7) is 8.38. The third-order valence-electron chi connectivity index (χ3n) is 3.20. The third kappa shape index (κ3) is 2.60. The molecule has 0 fully saturated rings. The van der Waals surface area contributed by atoms with Crippen molar-refractivity contribution < 1.29 is 4.79 Å². The van der Waals surface area contributed by atoms with E-state index in [2.05, 4.69) is 12.6 Å². The Morgan fingerprint density at radius 3 is 2.94 bits per heavy atom. The molecule has 0 unspecified atom stereocenters. The second-order valence-electron chi connectivity index (χ2n) is 4.78. The van der Waals surface area contributed by atoms with Crippen molar-refractivity contribution in [1.29, 1.82) is 0 Å². The number of fused-ring (bicyclic) bond motifs is 1. The van der Waals surface area contributed by atoms with Crippen molar-refractivity contribution in [3.05, 3.63) is 34.0 Å².